The molecule has 0 radical (unpaired) electrons. The van der Waals surface area contributed by atoms with Crippen LogP contribution < -0.4 is 5.32 Å². The van der Waals surface area contributed by atoms with Gasteiger partial charge in [-0.1, -0.05) is 36.4 Å². The zero-order valence-corrected chi connectivity index (χ0v) is 10.7. The molecule has 20 heavy (non-hydrogen) atoms. The minimum atomic E-state index is -1.05. The predicted octanol–water partition coefficient (Wildman–Crippen LogP) is 2.07. The Labute approximate surface area is 116 Å². The molecule has 2 N–H and O–H groups in total. The second-order valence-corrected chi connectivity index (χ2v) is 4.74. The van der Waals surface area contributed by atoms with Crippen LogP contribution in [0.4, 0.5) is 0 Å². The summed E-state index contributed by atoms with van der Waals surface area (Å²) in [6.07, 6.45) is 0.710. The molecule has 1 aliphatic carbocycles. The number of hydrogen-bond acceptors (Lipinski definition) is 2. The van der Waals surface area contributed by atoms with Crippen molar-refractivity contribution in [2.75, 3.05) is 6.54 Å². The number of amides is 1. The topological polar surface area (TPSA) is 66.4 Å². The summed E-state index contributed by atoms with van der Waals surface area (Å²) in [7, 11) is 0. The van der Waals surface area contributed by atoms with Gasteiger partial charge in [0.05, 0.1) is 0 Å². The fourth-order valence-electron chi connectivity index (χ4n) is 2.62. The van der Waals surface area contributed by atoms with Gasteiger partial charge in [0.15, 0.2) is 0 Å². The zero-order chi connectivity index (χ0) is 14.1. The van der Waals surface area contributed by atoms with Crippen LogP contribution in [-0.4, -0.2) is 23.5 Å². The Kier molecular flexibility index (Phi) is 2.99. The summed E-state index contributed by atoms with van der Waals surface area (Å²) in [5.41, 5.74) is 4.93. The smallest absolute Gasteiger partial charge is 0.322 e. The van der Waals surface area contributed by atoms with E-state index in [0.29, 0.717) is 12.0 Å². The number of aliphatic carboxylic acids is 1. The van der Waals surface area contributed by atoms with E-state index in [2.05, 4.69) is 5.32 Å². The lowest BCUT2D eigenvalue weighted by Gasteiger charge is -2.08. The Morgan fingerprint density at radius 1 is 1.05 bits per heavy atom. The van der Waals surface area contributed by atoms with E-state index >= 15 is 0 Å². The maximum Gasteiger partial charge on any atom is 0.322 e. The SMILES string of the molecule is O=C(O)CNC(=O)c1cccc2c1Cc1ccccc1-2. The van der Waals surface area contributed by atoms with E-state index in [-0.39, 0.29) is 12.5 Å². The van der Waals surface area contributed by atoms with Crippen molar-refractivity contribution in [2.24, 2.45) is 0 Å². The maximum absolute atomic E-state index is 12.1. The van der Waals surface area contributed by atoms with Crippen molar-refractivity contribution >= 4 is 11.9 Å². The minimum Gasteiger partial charge on any atom is -0.480 e. The van der Waals surface area contributed by atoms with Crippen molar-refractivity contribution in [3.63, 3.8) is 0 Å². The van der Waals surface area contributed by atoms with Gasteiger partial charge in [-0.05, 0) is 34.7 Å². The molecule has 4 heteroatoms. The summed E-state index contributed by atoms with van der Waals surface area (Å²) in [5.74, 6) is -1.38. The van der Waals surface area contributed by atoms with Gasteiger partial charge < -0.3 is 10.4 Å². The number of hydrogen-bond donors (Lipinski definition) is 2. The average Bonchev–Trinajstić information content (AvgIpc) is 2.83. The summed E-state index contributed by atoms with van der Waals surface area (Å²) < 4.78 is 0. The molecule has 0 fully saturated rings. The fraction of sp³-hybridized carbons (Fsp3) is 0.125. The molecule has 0 heterocycles. The van der Waals surface area contributed by atoms with Crippen LogP contribution >= 0.6 is 0 Å². The molecular formula is C16H13NO3. The van der Waals surface area contributed by atoms with Crippen LogP contribution in [0.1, 0.15) is 21.5 Å². The number of rotatable bonds is 3. The Balaban J connectivity index is 1.97. The minimum absolute atomic E-state index is 0.336. The highest BCUT2D eigenvalue weighted by atomic mass is 16.4. The third-order valence-electron chi connectivity index (χ3n) is 3.50. The van der Waals surface area contributed by atoms with Gasteiger partial charge in [-0.2, -0.15) is 0 Å². The van der Waals surface area contributed by atoms with E-state index in [4.69, 9.17) is 5.11 Å². The van der Waals surface area contributed by atoms with Crippen LogP contribution in [0.25, 0.3) is 11.1 Å². The second-order valence-electron chi connectivity index (χ2n) is 4.74. The van der Waals surface area contributed by atoms with Crippen molar-refractivity contribution in [2.45, 2.75) is 6.42 Å². The maximum atomic E-state index is 12.1. The quantitative estimate of drug-likeness (QED) is 0.763. The summed E-state index contributed by atoms with van der Waals surface area (Å²) in [6.45, 7) is -0.366. The van der Waals surface area contributed by atoms with Gasteiger partial charge in [-0.15, -0.1) is 0 Å². The lowest BCUT2D eigenvalue weighted by atomic mass is 10.0. The standard InChI is InChI=1S/C16H13NO3/c18-15(19)9-17-16(20)13-7-3-6-12-11-5-2-1-4-10(11)8-14(12)13/h1-7H,8-9H2,(H,17,20)(H,18,19). The molecule has 1 aliphatic rings. The summed E-state index contributed by atoms with van der Waals surface area (Å²) >= 11 is 0. The van der Waals surface area contributed by atoms with Crippen LogP contribution in [0.3, 0.4) is 0 Å². The average molecular weight is 267 g/mol. The van der Waals surface area contributed by atoms with E-state index < -0.39 is 5.97 Å². The molecular weight excluding hydrogens is 254 g/mol. The largest absolute Gasteiger partial charge is 0.480 e. The Morgan fingerprint density at radius 3 is 2.60 bits per heavy atom. The summed E-state index contributed by atoms with van der Waals surface area (Å²) in [4.78, 5) is 22.6. The Bertz CT molecular complexity index is 707. The highest BCUT2D eigenvalue weighted by Gasteiger charge is 2.23. The molecule has 3 rings (SSSR count). The number of nitrogens with one attached hydrogen (secondary N) is 1. The lowest BCUT2D eigenvalue weighted by Crippen LogP contribution is -2.29. The Hall–Kier alpha value is -2.62. The van der Waals surface area contributed by atoms with Crippen molar-refractivity contribution in [3.05, 3.63) is 59.2 Å². The molecule has 0 aromatic heterocycles. The number of fused-ring (bicyclic) bond motifs is 3. The first-order valence-electron chi connectivity index (χ1n) is 6.37. The number of carbonyl (C=O) groups is 2. The molecule has 0 saturated heterocycles. The molecule has 0 unspecified atom stereocenters. The monoisotopic (exact) mass is 267 g/mol. The molecule has 4 nitrogen and oxygen atoms in total. The van der Waals surface area contributed by atoms with E-state index in [9.17, 15) is 9.59 Å². The molecule has 0 atom stereocenters. The van der Waals surface area contributed by atoms with Gasteiger partial charge in [-0.3, -0.25) is 9.59 Å². The molecule has 0 spiro atoms. The van der Waals surface area contributed by atoms with Gasteiger partial charge in [0.2, 0.25) is 0 Å². The van der Waals surface area contributed by atoms with Crippen LogP contribution in [0.15, 0.2) is 42.5 Å². The van der Waals surface area contributed by atoms with Crippen molar-refractivity contribution in [3.8, 4) is 11.1 Å². The van der Waals surface area contributed by atoms with Gasteiger partial charge in [-0.25, -0.2) is 0 Å². The first-order chi connectivity index (χ1) is 9.66. The van der Waals surface area contributed by atoms with Gasteiger partial charge >= 0.3 is 5.97 Å². The summed E-state index contributed by atoms with van der Waals surface area (Å²) in [6, 6.07) is 13.6. The van der Waals surface area contributed by atoms with Gasteiger partial charge in [0, 0.05) is 5.56 Å². The third-order valence-corrected chi connectivity index (χ3v) is 3.50. The van der Waals surface area contributed by atoms with Crippen molar-refractivity contribution in [1.82, 2.24) is 5.32 Å². The zero-order valence-electron chi connectivity index (χ0n) is 10.7. The predicted molar refractivity (Wildman–Crippen MR) is 74.7 cm³/mol. The van der Waals surface area contributed by atoms with Gasteiger partial charge in [0.1, 0.15) is 6.54 Å². The highest BCUT2D eigenvalue weighted by molar-refractivity contribution is 6.00. The first-order valence-corrected chi connectivity index (χ1v) is 6.37. The van der Waals surface area contributed by atoms with Crippen molar-refractivity contribution < 1.29 is 14.7 Å². The van der Waals surface area contributed by atoms with Crippen LogP contribution in [0.5, 0.6) is 0 Å². The second kappa shape index (κ2) is 4.81. The van der Waals surface area contributed by atoms with E-state index in [1.54, 1.807) is 6.07 Å². The highest BCUT2D eigenvalue weighted by Crippen LogP contribution is 2.37. The molecule has 2 aromatic carbocycles. The molecule has 2 aromatic rings. The lowest BCUT2D eigenvalue weighted by molar-refractivity contribution is -0.135. The Morgan fingerprint density at radius 2 is 1.80 bits per heavy atom. The van der Waals surface area contributed by atoms with E-state index in [1.807, 2.05) is 36.4 Å². The molecule has 0 saturated carbocycles. The summed E-state index contributed by atoms with van der Waals surface area (Å²) in [5, 5.41) is 11.0. The number of carboxylic acid groups (broad SMARTS) is 1. The number of carboxylic acids is 1. The molecule has 0 aliphatic heterocycles. The van der Waals surface area contributed by atoms with E-state index in [1.165, 1.54) is 5.56 Å². The third kappa shape index (κ3) is 2.05. The molecule has 1 amide bonds. The van der Waals surface area contributed by atoms with Crippen LogP contribution in [0.2, 0.25) is 0 Å². The number of benzene rings is 2. The first kappa shape index (κ1) is 12.4. The molecule has 100 valence electrons. The fourth-order valence-corrected chi connectivity index (χ4v) is 2.62. The van der Waals surface area contributed by atoms with Crippen molar-refractivity contribution in [1.29, 1.82) is 0 Å². The van der Waals surface area contributed by atoms with Gasteiger partial charge in [0.25, 0.3) is 5.91 Å². The molecule has 0 bridgehead atoms. The van der Waals surface area contributed by atoms with Crippen LogP contribution in [-0.2, 0) is 11.2 Å². The number of carbonyl (C=O) groups excluding carboxylic acids is 1. The van der Waals surface area contributed by atoms with Crippen LogP contribution in [0, 0.1) is 0 Å². The van der Waals surface area contributed by atoms with E-state index in [0.717, 1.165) is 16.7 Å². The normalized spacial score (nSPS) is 11.6.